The smallest absolute Gasteiger partial charge is 0.203 e. The van der Waals surface area contributed by atoms with E-state index in [0.29, 0.717) is 5.56 Å². The number of hydrogen-bond donors (Lipinski definition) is 3. The van der Waals surface area contributed by atoms with Gasteiger partial charge in [0.25, 0.3) is 0 Å². The summed E-state index contributed by atoms with van der Waals surface area (Å²) in [5, 5.41) is 30.5. The van der Waals surface area contributed by atoms with Crippen LogP contribution < -0.4 is 14.2 Å². The molecule has 9 heteroatoms. The molecule has 29 heavy (non-hydrogen) atoms. The first-order chi connectivity index (χ1) is 13.8. The predicted octanol–water partition coefficient (Wildman–Crippen LogP) is 2.41. The number of phenolic OH excluding ortho intramolecular Hbond substituents is 3. The molecule has 2 aromatic rings. The summed E-state index contributed by atoms with van der Waals surface area (Å²) >= 11 is 0. The van der Waals surface area contributed by atoms with Crippen LogP contribution in [-0.4, -0.2) is 62.9 Å². The Bertz CT molecular complexity index is 875. The van der Waals surface area contributed by atoms with Gasteiger partial charge in [0.1, 0.15) is 11.3 Å². The van der Waals surface area contributed by atoms with Gasteiger partial charge < -0.3 is 39.0 Å². The zero-order valence-corrected chi connectivity index (χ0v) is 16.8. The molecule has 0 radical (unpaired) electrons. The number of phenols is 3. The number of ketones is 1. The van der Waals surface area contributed by atoms with Crippen LogP contribution in [0.5, 0.6) is 34.5 Å². The highest BCUT2D eigenvalue weighted by Gasteiger charge is 2.36. The lowest BCUT2D eigenvalue weighted by Gasteiger charge is -2.26. The first-order valence-corrected chi connectivity index (χ1v) is 8.48. The summed E-state index contributed by atoms with van der Waals surface area (Å²) in [6, 6.07) is 5.50. The van der Waals surface area contributed by atoms with E-state index in [4.69, 9.17) is 23.7 Å². The maximum Gasteiger partial charge on any atom is 0.203 e. The third-order valence-electron chi connectivity index (χ3n) is 4.45. The molecule has 0 aliphatic carbocycles. The molecule has 0 fully saturated rings. The molecule has 158 valence electrons. The highest BCUT2D eigenvalue weighted by atomic mass is 16.7. The molecule has 9 nitrogen and oxygen atoms in total. The topological polar surface area (TPSA) is 124 Å². The first-order valence-electron chi connectivity index (χ1n) is 8.48. The van der Waals surface area contributed by atoms with Crippen molar-refractivity contribution < 1.29 is 43.8 Å². The molecule has 0 bridgehead atoms. The summed E-state index contributed by atoms with van der Waals surface area (Å²) in [6.45, 7) is 0. The molecule has 3 N–H and O–H groups in total. The minimum absolute atomic E-state index is 0.0625. The molecule has 0 saturated carbocycles. The number of aromatic hydroxyl groups is 3. The summed E-state index contributed by atoms with van der Waals surface area (Å²) in [5.74, 6) is -2.98. The largest absolute Gasteiger partial charge is 0.504 e. The Hall–Kier alpha value is -3.17. The maximum atomic E-state index is 13.5. The highest BCUT2D eigenvalue weighted by molar-refractivity contribution is 6.06. The lowest BCUT2D eigenvalue weighted by Crippen LogP contribution is -2.30. The number of Topliss-reactive ketones (excluding diaryl/α,β-unsaturated/α-hetero) is 1. The van der Waals surface area contributed by atoms with Crippen molar-refractivity contribution in [1.29, 1.82) is 0 Å². The molecule has 0 aliphatic rings. The van der Waals surface area contributed by atoms with Crippen LogP contribution in [-0.2, 0) is 9.47 Å². The average Bonchev–Trinajstić information content (AvgIpc) is 2.71. The van der Waals surface area contributed by atoms with Crippen LogP contribution in [0.25, 0.3) is 0 Å². The van der Waals surface area contributed by atoms with Gasteiger partial charge in [-0.2, -0.15) is 0 Å². The molecular weight excluding hydrogens is 384 g/mol. The SMILES string of the molecule is COc1cc(C(C(=O)c2c(OC)cc(O)c(OC)c2O)C(OC)OC)ccc1O. The first kappa shape index (κ1) is 22.1. The fourth-order valence-electron chi connectivity index (χ4n) is 3.06. The average molecular weight is 408 g/mol. The Morgan fingerprint density at radius 2 is 1.45 bits per heavy atom. The Labute approximate surface area is 168 Å². The lowest BCUT2D eigenvalue weighted by atomic mass is 9.88. The van der Waals surface area contributed by atoms with Crippen molar-refractivity contribution in [2.45, 2.75) is 12.2 Å². The lowest BCUT2D eigenvalue weighted by molar-refractivity contribution is -0.110. The molecule has 2 aromatic carbocycles. The predicted molar refractivity (Wildman–Crippen MR) is 102 cm³/mol. The van der Waals surface area contributed by atoms with E-state index in [2.05, 4.69) is 0 Å². The fourth-order valence-corrected chi connectivity index (χ4v) is 3.06. The van der Waals surface area contributed by atoms with Gasteiger partial charge in [0.05, 0.1) is 27.2 Å². The van der Waals surface area contributed by atoms with Gasteiger partial charge in [0.2, 0.25) is 5.75 Å². The van der Waals surface area contributed by atoms with Crippen molar-refractivity contribution in [3.8, 4) is 34.5 Å². The number of hydrogen-bond acceptors (Lipinski definition) is 9. The van der Waals surface area contributed by atoms with Crippen LogP contribution in [0.2, 0.25) is 0 Å². The van der Waals surface area contributed by atoms with Gasteiger partial charge in [-0.05, 0) is 17.7 Å². The Balaban J connectivity index is 2.72. The molecule has 0 aromatic heterocycles. The van der Waals surface area contributed by atoms with E-state index >= 15 is 0 Å². The molecule has 0 amide bonds. The van der Waals surface area contributed by atoms with Gasteiger partial charge >= 0.3 is 0 Å². The molecule has 1 unspecified atom stereocenters. The molecule has 0 saturated heterocycles. The molecule has 0 heterocycles. The second-order valence-electron chi connectivity index (χ2n) is 5.97. The molecule has 2 rings (SSSR count). The minimum atomic E-state index is -1.08. The van der Waals surface area contributed by atoms with E-state index in [1.165, 1.54) is 53.7 Å². The maximum absolute atomic E-state index is 13.5. The quantitative estimate of drug-likeness (QED) is 0.424. The third kappa shape index (κ3) is 4.15. The van der Waals surface area contributed by atoms with E-state index in [9.17, 15) is 20.1 Å². The number of carbonyl (C=O) groups excluding carboxylic acids is 1. The van der Waals surface area contributed by atoms with Crippen LogP contribution >= 0.6 is 0 Å². The van der Waals surface area contributed by atoms with Crippen LogP contribution in [0.4, 0.5) is 0 Å². The number of rotatable bonds is 9. The second kappa shape index (κ2) is 9.35. The fraction of sp³-hybridized carbons (Fsp3) is 0.350. The van der Waals surface area contributed by atoms with Crippen molar-refractivity contribution in [2.75, 3.05) is 35.5 Å². The van der Waals surface area contributed by atoms with Gasteiger partial charge in [-0.25, -0.2) is 0 Å². The normalized spacial score (nSPS) is 11.9. The monoisotopic (exact) mass is 408 g/mol. The van der Waals surface area contributed by atoms with Crippen LogP contribution in [0.1, 0.15) is 21.8 Å². The molecular formula is C20H24O9. The Morgan fingerprint density at radius 3 is 1.97 bits per heavy atom. The van der Waals surface area contributed by atoms with Gasteiger partial charge in [-0.1, -0.05) is 6.07 Å². The van der Waals surface area contributed by atoms with Crippen molar-refractivity contribution in [3.63, 3.8) is 0 Å². The number of ether oxygens (including phenoxy) is 5. The zero-order chi connectivity index (χ0) is 21.7. The summed E-state index contributed by atoms with van der Waals surface area (Å²) < 4.78 is 25.9. The van der Waals surface area contributed by atoms with E-state index in [1.54, 1.807) is 0 Å². The van der Waals surface area contributed by atoms with Gasteiger partial charge in [-0.3, -0.25) is 4.79 Å². The van der Waals surface area contributed by atoms with Gasteiger partial charge in [-0.15, -0.1) is 0 Å². The summed E-state index contributed by atoms with van der Waals surface area (Å²) in [7, 11) is 6.63. The van der Waals surface area contributed by atoms with Crippen LogP contribution in [0.15, 0.2) is 24.3 Å². The number of benzene rings is 2. The molecule has 1 atom stereocenters. The Morgan fingerprint density at radius 1 is 0.828 bits per heavy atom. The zero-order valence-electron chi connectivity index (χ0n) is 16.8. The van der Waals surface area contributed by atoms with E-state index in [-0.39, 0.29) is 28.6 Å². The molecule has 0 aliphatic heterocycles. The van der Waals surface area contributed by atoms with Gasteiger partial charge in [0.15, 0.2) is 35.1 Å². The standard InChI is InChI=1S/C20H24O9/c1-25-13-8-10(6-7-11(13)21)15(20(28-4)29-5)17(23)16-14(26-2)9-12(22)19(27-3)18(16)24/h6-9,15,20-22,24H,1-5H3. The summed E-state index contributed by atoms with van der Waals surface area (Å²) in [4.78, 5) is 13.5. The van der Waals surface area contributed by atoms with Crippen LogP contribution in [0.3, 0.4) is 0 Å². The minimum Gasteiger partial charge on any atom is -0.504 e. The van der Waals surface area contributed by atoms with E-state index in [0.717, 1.165) is 6.07 Å². The number of carbonyl (C=O) groups is 1. The van der Waals surface area contributed by atoms with Crippen molar-refractivity contribution >= 4 is 5.78 Å². The second-order valence-corrected chi connectivity index (χ2v) is 5.97. The van der Waals surface area contributed by atoms with Crippen LogP contribution in [0, 0.1) is 0 Å². The number of methoxy groups -OCH3 is 5. The van der Waals surface area contributed by atoms with Crippen molar-refractivity contribution in [1.82, 2.24) is 0 Å². The third-order valence-corrected chi connectivity index (χ3v) is 4.45. The summed E-state index contributed by atoms with van der Waals surface area (Å²) in [5.41, 5.74) is 0.171. The van der Waals surface area contributed by atoms with E-state index in [1.807, 2.05) is 0 Å². The Kier molecular flexibility index (Phi) is 7.13. The molecule has 0 spiro atoms. The van der Waals surface area contributed by atoms with Crippen molar-refractivity contribution in [3.05, 3.63) is 35.4 Å². The van der Waals surface area contributed by atoms with Crippen molar-refractivity contribution in [2.24, 2.45) is 0 Å². The van der Waals surface area contributed by atoms with Gasteiger partial charge in [0, 0.05) is 20.3 Å². The summed E-state index contributed by atoms with van der Waals surface area (Å²) in [6.07, 6.45) is -1.04. The van der Waals surface area contributed by atoms with E-state index < -0.39 is 29.5 Å². The highest BCUT2D eigenvalue weighted by Crippen LogP contribution is 2.46.